The van der Waals surface area contributed by atoms with Gasteiger partial charge in [-0.1, -0.05) is 6.07 Å². The van der Waals surface area contributed by atoms with E-state index in [4.69, 9.17) is 20.9 Å². The van der Waals surface area contributed by atoms with Gasteiger partial charge in [-0.05, 0) is 30.5 Å². The first-order valence-corrected chi connectivity index (χ1v) is 7.39. The third kappa shape index (κ3) is 1.76. The van der Waals surface area contributed by atoms with E-state index in [0.29, 0.717) is 5.13 Å². The van der Waals surface area contributed by atoms with Crippen molar-refractivity contribution in [1.82, 2.24) is 4.98 Å². The molecule has 1 aliphatic heterocycles. The molecule has 1 aromatic carbocycles. The molecule has 5 nitrogen and oxygen atoms in total. The van der Waals surface area contributed by atoms with E-state index >= 15 is 0 Å². The van der Waals surface area contributed by atoms with Crippen molar-refractivity contribution in [3.8, 4) is 11.5 Å². The second-order valence-electron chi connectivity index (χ2n) is 5.32. The molecule has 4 N–H and O–H groups in total. The molecule has 4 rings (SSSR count). The fraction of sp³-hybridized carbons (Fsp3) is 0.357. The van der Waals surface area contributed by atoms with Crippen LogP contribution in [0.1, 0.15) is 22.6 Å². The van der Waals surface area contributed by atoms with Crippen LogP contribution in [0.5, 0.6) is 11.5 Å². The van der Waals surface area contributed by atoms with Gasteiger partial charge in [0.25, 0.3) is 0 Å². The Morgan fingerprint density at radius 2 is 2.10 bits per heavy atom. The van der Waals surface area contributed by atoms with Crippen LogP contribution in [0.3, 0.4) is 0 Å². The molecule has 0 saturated heterocycles. The van der Waals surface area contributed by atoms with Crippen LogP contribution < -0.4 is 20.9 Å². The summed E-state index contributed by atoms with van der Waals surface area (Å²) < 4.78 is 10.8. The average molecular weight is 289 g/mol. The van der Waals surface area contributed by atoms with Crippen molar-refractivity contribution >= 4 is 16.5 Å². The smallest absolute Gasteiger partial charge is 0.231 e. The fourth-order valence-electron chi connectivity index (χ4n) is 2.91. The van der Waals surface area contributed by atoms with Gasteiger partial charge in [0.15, 0.2) is 16.6 Å². The Labute approximate surface area is 120 Å². The van der Waals surface area contributed by atoms with Gasteiger partial charge in [-0.15, -0.1) is 11.3 Å². The predicted molar refractivity (Wildman–Crippen MR) is 77.0 cm³/mol. The zero-order chi connectivity index (χ0) is 13.7. The van der Waals surface area contributed by atoms with E-state index in [1.54, 1.807) is 11.3 Å². The summed E-state index contributed by atoms with van der Waals surface area (Å²) in [5.74, 6) is 1.57. The number of nitrogens with two attached hydrogens (primary N) is 2. The Kier molecular flexibility index (Phi) is 2.46. The molecule has 0 fully saturated rings. The van der Waals surface area contributed by atoms with E-state index < -0.39 is 0 Å². The summed E-state index contributed by atoms with van der Waals surface area (Å²) in [6.45, 7) is 0.284. The molecule has 104 valence electrons. The average Bonchev–Trinajstić information content (AvgIpc) is 3.02. The first-order chi connectivity index (χ1) is 9.64. The normalized spacial score (nSPS) is 23.6. The summed E-state index contributed by atoms with van der Waals surface area (Å²) in [4.78, 5) is 5.57. The molecule has 0 spiro atoms. The molecule has 1 aliphatic carbocycles. The van der Waals surface area contributed by atoms with Crippen LogP contribution in [0.4, 0.5) is 5.13 Å². The summed E-state index contributed by atoms with van der Waals surface area (Å²) >= 11 is 1.54. The monoisotopic (exact) mass is 289 g/mol. The Bertz CT molecular complexity index is 685. The lowest BCUT2D eigenvalue weighted by Gasteiger charge is -2.33. The summed E-state index contributed by atoms with van der Waals surface area (Å²) in [5.41, 5.74) is 14.2. The number of thiazole rings is 1. The van der Waals surface area contributed by atoms with Gasteiger partial charge < -0.3 is 20.9 Å². The summed E-state index contributed by atoms with van der Waals surface area (Å²) in [6.07, 6.45) is 2.51. The van der Waals surface area contributed by atoms with E-state index in [0.717, 1.165) is 42.0 Å². The number of aromatic nitrogens is 1. The maximum atomic E-state index is 6.64. The van der Waals surface area contributed by atoms with Gasteiger partial charge in [0.05, 0.1) is 5.69 Å². The number of benzene rings is 1. The SMILES string of the molecule is Nc1nc2c(s1)CC(N)(c1ccc3c(c1)OCO3)CC2. The van der Waals surface area contributed by atoms with Crippen molar-refractivity contribution in [2.24, 2.45) is 5.73 Å². The number of fused-ring (bicyclic) bond motifs is 2. The van der Waals surface area contributed by atoms with Gasteiger partial charge in [0.2, 0.25) is 6.79 Å². The number of nitrogens with zero attached hydrogens (tertiary/aromatic N) is 1. The molecule has 6 heteroatoms. The van der Waals surface area contributed by atoms with Crippen LogP contribution in [0.2, 0.25) is 0 Å². The number of nitrogen functional groups attached to an aromatic ring is 1. The van der Waals surface area contributed by atoms with Crippen LogP contribution in [0, 0.1) is 0 Å². The van der Waals surface area contributed by atoms with Gasteiger partial charge in [0.1, 0.15) is 0 Å². The highest BCUT2D eigenvalue weighted by molar-refractivity contribution is 7.15. The van der Waals surface area contributed by atoms with E-state index in [9.17, 15) is 0 Å². The second kappa shape index (κ2) is 4.10. The van der Waals surface area contributed by atoms with Crippen molar-refractivity contribution in [2.45, 2.75) is 24.8 Å². The number of rotatable bonds is 1. The molecule has 0 saturated carbocycles. The molecule has 2 aromatic rings. The number of aryl methyl sites for hydroxylation is 1. The van der Waals surface area contributed by atoms with Gasteiger partial charge in [0, 0.05) is 16.8 Å². The lowest BCUT2D eigenvalue weighted by molar-refractivity contribution is 0.174. The number of anilines is 1. The number of hydrogen-bond donors (Lipinski definition) is 2. The zero-order valence-electron chi connectivity index (χ0n) is 10.9. The Morgan fingerprint density at radius 1 is 1.25 bits per heavy atom. The highest BCUT2D eigenvalue weighted by Crippen LogP contribution is 2.41. The van der Waals surface area contributed by atoms with Crippen LogP contribution in [-0.2, 0) is 18.4 Å². The standard InChI is InChI=1S/C14H15N3O2S/c15-13-17-9-3-4-14(16,6-12(9)20-13)8-1-2-10-11(5-8)19-7-18-10/h1-2,5H,3-4,6-7,16H2,(H2,15,17). The summed E-state index contributed by atoms with van der Waals surface area (Å²) in [6, 6.07) is 5.96. The van der Waals surface area contributed by atoms with Gasteiger partial charge in [-0.25, -0.2) is 4.98 Å². The van der Waals surface area contributed by atoms with Crippen LogP contribution in [0.25, 0.3) is 0 Å². The third-order valence-electron chi connectivity index (χ3n) is 4.03. The largest absolute Gasteiger partial charge is 0.454 e. The fourth-order valence-corrected chi connectivity index (χ4v) is 3.91. The molecule has 2 aliphatic rings. The highest BCUT2D eigenvalue weighted by atomic mass is 32.1. The summed E-state index contributed by atoms with van der Waals surface area (Å²) in [5, 5.41) is 0.630. The molecule has 0 amide bonds. The van der Waals surface area contributed by atoms with Gasteiger partial charge in [-0.2, -0.15) is 0 Å². The van der Waals surface area contributed by atoms with E-state index in [-0.39, 0.29) is 12.3 Å². The van der Waals surface area contributed by atoms with Crippen molar-refractivity contribution < 1.29 is 9.47 Å². The van der Waals surface area contributed by atoms with Crippen molar-refractivity contribution in [3.63, 3.8) is 0 Å². The zero-order valence-corrected chi connectivity index (χ0v) is 11.7. The minimum Gasteiger partial charge on any atom is -0.454 e. The lowest BCUT2D eigenvalue weighted by Crippen LogP contribution is -2.41. The van der Waals surface area contributed by atoms with E-state index in [1.165, 1.54) is 4.88 Å². The number of hydrogen-bond acceptors (Lipinski definition) is 6. The minimum absolute atomic E-state index is 0.284. The van der Waals surface area contributed by atoms with E-state index in [1.807, 2.05) is 18.2 Å². The maximum Gasteiger partial charge on any atom is 0.231 e. The van der Waals surface area contributed by atoms with Crippen LogP contribution >= 0.6 is 11.3 Å². The third-order valence-corrected chi connectivity index (χ3v) is 4.95. The molecule has 2 heterocycles. The highest BCUT2D eigenvalue weighted by Gasteiger charge is 2.35. The van der Waals surface area contributed by atoms with Gasteiger partial charge >= 0.3 is 0 Å². The molecule has 1 atom stereocenters. The molecule has 20 heavy (non-hydrogen) atoms. The van der Waals surface area contributed by atoms with Gasteiger partial charge in [-0.3, -0.25) is 0 Å². The van der Waals surface area contributed by atoms with Crippen LogP contribution in [0.15, 0.2) is 18.2 Å². The van der Waals surface area contributed by atoms with Crippen molar-refractivity contribution in [2.75, 3.05) is 12.5 Å². The molecule has 1 aromatic heterocycles. The van der Waals surface area contributed by atoms with Crippen molar-refractivity contribution in [1.29, 1.82) is 0 Å². The Hall–Kier alpha value is -1.79. The molecule has 1 unspecified atom stereocenters. The van der Waals surface area contributed by atoms with Crippen LogP contribution in [-0.4, -0.2) is 11.8 Å². The van der Waals surface area contributed by atoms with E-state index in [2.05, 4.69) is 4.98 Å². The second-order valence-corrected chi connectivity index (χ2v) is 6.44. The first kappa shape index (κ1) is 12.0. The molecular weight excluding hydrogens is 274 g/mol. The molecule has 0 bridgehead atoms. The maximum absolute atomic E-state index is 6.64. The molecule has 0 radical (unpaired) electrons. The first-order valence-electron chi connectivity index (χ1n) is 6.57. The number of ether oxygens (including phenoxy) is 2. The molecular formula is C14H15N3O2S. The predicted octanol–water partition coefficient (Wildman–Crippen LogP) is 1.80. The Morgan fingerprint density at radius 3 is 3.00 bits per heavy atom. The quantitative estimate of drug-likeness (QED) is 0.836. The topological polar surface area (TPSA) is 83.4 Å². The lowest BCUT2D eigenvalue weighted by atomic mass is 9.78. The summed E-state index contributed by atoms with van der Waals surface area (Å²) in [7, 11) is 0. The minimum atomic E-state index is -0.382. The Balaban J connectivity index is 1.71. The van der Waals surface area contributed by atoms with Crippen molar-refractivity contribution in [3.05, 3.63) is 34.3 Å².